The lowest BCUT2D eigenvalue weighted by molar-refractivity contribution is -0.671. The van der Waals surface area contributed by atoms with Crippen LogP contribution in [0.2, 0.25) is 0 Å². The fourth-order valence-electron chi connectivity index (χ4n) is 0.826. The minimum Gasteiger partial charge on any atom is -0.394 e. The van der Waals surface area contributed by atoms with Gasteiger partial charge in [0.05, 0.1) is 13.2 Å². The molecule has 64 valence electrons. The van der Waals surface area contributed by atoms with Crippen LogP contribution >= 0.6 is 0 Å². The van der Waals surface area contributed by atoms with Gasteiger partial charge in [-0.15, -0.1) is 0 Å². The quantitative estimate of drug-likeness (QED) is 0.493. The zero-order chi connectivity index (χ0) is 8.81. The normalized spacial score (nSPS) is 10.8. The minimum atomic E-state index is 0.108. The Balaban J connectivity index is 2.58. The van der Waals surface area contributed by atoms with Crippen LogP contribution in [0.5, 0.6) is 0 Å². The molecule has 0 amide bonds. The van der Waals surface area contributed by atoms with Gasteiger partial charge in [0.25, 0.3) is 0 Å². The van der Waals surface area contributed by atoms with Gasteiger partial charge in [0.2, 0.25) is 0 Å². The molecule has 0 spiro atoms. The number of nitrogens with zero attached hydrogens (tertiary/aromatic N) is 2. The molecule has 0 aliphatic rings. The van der Waals surface area contributed by atoms with Crippen LogP contribution in [0.4, 0.5) is 0 Å². The summed E-state index contributed by atoms with van der Waals surface area (Å²) in [6.07, 6.45) is 5.68. The number of pyridine rings is 1. The fraction of sp³-hybridized carbons (Fsp3) is 0.333. The lowest BCUT2D eigenvalue weighted by Crippen LogP contribution is -2.25. The Labute approximate surface area is 72.0 Å². The Hall–Kier alpha value is -1.22. The maximum atomic E-state index is 8.47. The van der Waals surface area contributed by atoms with Crippen LogP contribution in [0.15, 0.2) is 29.5 Å². The minimum absolute atomic E-state index is 0.108. The molecule has 1 aromatic rings. The first-order valence-corrected chi connectivity index (χ1v) is 3.89. The smallest absolute Gasteiger partial charge is 0.169 e. The van der Waals surface area contributed by atoms with E-state index in [1.807, 2.05) is 36.1 Å². The lowest BCUT2D eigenvalue weighted by Gasteiger charge is -1.89. The van der Waals surface area contributed by atoms with Gasteiger partial charge in [-0.05, 0) is 0 Å². The number of hydrogen-bond donors (Lipinski definition) is 1. The van der Waals surface area contributed by atoms with Crippen molar-refractivity contribution in [2.45, 2.75) is 0 Å². The van der Waals surface area contributed by atoms with Crippen LogP contribution in [0, 0.1) is 0 Å². The molecule has 0 fully saturated rings. The summed E-state index contributed by atoms with van der Waals surface area (Å²) in [5.41, 5.74) is 1.06. The highest BCUT2D eigenvalue weighted by atomic mass is 16.3. The maximum Gasteiger partial charge on any atom is 0.169 e. The predicted molar refractivity (Wildman–Crippen MR) is 47.2 cm³/mol. The Bertz CT molecular complexity index is 254. The van der Waals surface area contributed by atoms with Crippen molar-refractivity contribution in [3.63, 3.8) is 0 Å². The predicted octanol–water partition coefficient (Wildman–Crippen LogP) is -0.0777. The van der Waals surface area contributed by atoms with Crippen molar-refractivity contribution in [3.8, 4) is 0 Å². The van der Waals surface area contributed by atoms with Crippen molar-refractivity contribution >= 4 is 6.21 Å². The van der Waals surface area contributed by atoms with Gasteiger partial charge in [0.15, 0.2) is 12.4 Å². The summed E-state index contributed by atoms with van der Waals surface area (Å²) in [4.78, 5) is 4.01. The van der Waals surface area contributed by atoms with Crippen LogP contribution in [0.25, 0.3) is 0 Å². The molecule has 0 unspecified atom stereocenters. The van der Waals surface area contributed by atoms with E-state index in [2.05, 4.69) is 4.99 Å². The molecule has 0 saturated heterocycles. The Kier molecular flexibility index (Phi) is 3.41. The van der Waals surface area contributed by atoms with Crippen LogP contribution in [0.3, 0.4) is 0 Å². The highest BCUT2D eigenvalue weighted by molar-refractivity contribution is 5.78. The number of aliphatic hydroxyl groups is 1. The van der Waals surface area contributed by atoms with Crippen LogP contribution in [-0.4, -0.2) is 24.5 Å². The second kappa shape index (κ2) is 4.62. The molecule has 0 bridgehead atoms. The molecule has 0 atom stereocenters. The van der Waals surface area contributed by atoms with Gasteiger partial charge < -0.3 is 5.11 Å². The molecule has 1 rings (SSSR count). The number of aromatic nitrogens is 1. The van der Waals surface area contributed by atoms with E-state index in [4.69, 9.17) is 5.11 Å². The molecular weight excluding hydrogens is 152 g/mol. The fourth-order valence-corrected chi connectivity index (χ4v) is 0.826. The lowest BCUT2D eigenvalue weighted by atomic mass is 10.3. The third-order valence-corrected chi connectivity index (χ3v) is 1.47. The van der Waals surface area contributed by atoms with Gasteiger partial charge in [-0.25, -0.2) is 4.57 Å². The van der Waals surface area contributed by atoms with Crippen molar-refractivity contribution < 1.29 is 9.67 Å². The zero-order valence-corrected chi connectivity index (χ0v) is 7.14. The van der Waals surface area contributed by atoms with Gasteiger partial charge in [-0.2, -0.15) is 0 Å². The summed E-state index contributed by atoms with van der Waals surface area (Å²) in [6.45, 7) is 0.581. The summed E-state index contributed by atoms with van der Waals surface area (Å²) in [5, 5.41) is 8.47. The van der Waals surface area contributed by atoms with E-state index in [1.165, 1.54) is 0 Å². The second-order valence-electron chi connectivity index (χ2n) is 2.56. The van der Waals surface area contributed by atoms with Gasteiger partial charge >= 0.3 is 0 Å². The Morgan fingerprint density at radius 3 is 2.75 bits per heavy atom. The molecule has 12 heavy (non-hydrogen) atoms. The first-order valence-electron chi connectivity index (χ1n) is 3.89. The van der Waals surface area contributed by atoms with E-state index in [0.29, 0.717) is 6.54 Å². The largest absolute Gasteiger partial charge is 0.394 e. The van der Waals surface area contributed by atoms with Crippen molar-refractivity contribution in [2.75, 3.05) is 13.2 Å². The number of aliphatic hydroxyl groups excluding tert-OH is 1. The number of aliphatic imine (C=N–C) groups is 1. The summed E-state index contributed by atoms with van der Waals surface area (Å²) < 4.78 is 1.96. The molecule has 1 aromatic heterocycles. The van der Waals surface area contributed by atoms with Crippen molar-refractivity contribution in [1.29, 1.82) is 0 Å². The second-order valence-corrected chi connectivity index (χ2v) is 2.56. The van der Waals surface area contributed by atoms with Crippen LogP contribution < -0.4 is 4.57 Å². The van der Waals surface area contributed by atoms with E-state index < -0.39 is 0 Å². The summed E-state index contributed by atoms with van der Waals surface area (Å²) in [5.74, 6) is 0. The first-order chi connectivity index (χ1) is 5.83. The average molecular weight is 165 g/mol. The van der Waals surface area contributed by atoms with Gasteiger partial charge in [0.1, 0.15) is 7.05 Å². The Morgan fingerprint density at radius 1 is 1.50 bits per heavy atom. The van der Waals surface area contributed by atoms with E-state index in [9.17, 15) is 0 Å². The highest BCUT2D eigenvalue weighted by Gasteiger charge is 1.90. The monoisotopic (exact) mass is 165 g/mol. The summed E-state index contributed by atoms with van der Waals surface area (Å²) in [7, 11) is 1.97. The molecule has 3 nitrogen and oxygen atoms in total. The Morgan fingerprint density at radius 2 is 2.17 bits per heavy atom. The molecule has 0 aromatic carbocycles. The standard InChI is InChI=1S/C9H13N2O/c1-11-5-2-9(3-6-11)8-10-4-7-12/h2-3,5-6,8,12H,4,7H2,1H3/q+1. The SMILES string of the molecule is C[n+]1ccc(C=NCCO)cc1. The van der Waals surface area contributed by atoms with Crippen molar-refractivity contribution in [3.05, 3.63) is 30.1 Å². The van der Waals surface area contributed by atoms with Crippen LogP contribution in [-0.2, 0) is 7.05 Å². The molecule has 0 radical (unpaired) electrons. The third-order valence-electron chi connectivity index (χ3n) is 1.47. The molecule has 0 aliphatic carbocycles. The van der Waals surface area contributed by atoms with E-state index in [0.717, 1.165) is 5.56 Å². The average Bonchev–Trinajstić information content (AvgIpc) is 2.09. The van der Waals surface area contributed by atoms with Crippen molar-refractivity contribution in [1.82, 2.24) is 0 Å². The molecule has 3 heteroatoms. The summed E-state index contributed by atoms with van der Waals surface area (Å²) in [6, 6.07) is 3.95. The van der Waals surface area contributed by atoms with E-state index in [-0.39, 0.29) is 6.61 Å². The van der Waals surface area contributed by atoms with Gasteiger partial charge in [0, 0.05) is 23.9 Å². The molecule has 1 heterocycles. The van der Waals surface area contributed by atoms with Gasteiger partial charge in [-0.1, -0.05) is 0 Å². The number of hydrogen-bond acceptors (Lipinski definition) is 2. The zero-order valence-electron chi connectivity index (χ0n) is 7.14. The van der Waals surface area contributed by atoms with E-state index in [1.54, 1.807) is 6.21 Å². The molecular formula is C9H13N2O+. The molecule has 0 aliphatic heterocycles. The number of rotatable bonds is 3. The first kappa shape index (κ1) is 8.87. The number of aryl methyl sites for hydroxylation is 1. The maximum absolute atomic E-state index is 8.47. The topological polar surface area (TPSA) is 36.5 Å². The van der Waals surface area contributed by atoms with Gasteiger partial charge in [-0.3, -0.25) is 4.99 Å². The van der Waals surface area contributed by atoms with Crippen LogP contribution in [0.1, 0.15) is 5.56 Å². The highest BCUT2D eigenvalue weighted by Crippen LogP contribution is 1.89. The molecule has 1 N–H and O–H groups in total. The summed E-state index contributed by atoms with van der Waals surface area (Å²) >= 11 is 0. The van der Waals surface area contributed by atoms with Crippen molar-refractivity contribution in [2.24, 2.45) is 12.0 Å². The third kappa shape index (κ3) is 2.80. The molecule has 0 saturated carbocycles. The van der Waals surface area contributed by atoms with E-state index >= 15 is 0 Å².